The smallest absolute Gasteiger partial charge is 0.271 e. The van der Waals surface area contributed by atoms with Crippen molar-refractivity contribution in [2.45, 2.75) is 24.9 Å². The van der Waals surface area contributed by atoms with Gasteiger partial charge >= 0.3 is 0 Å². The summed E-state index contributed by atoms with van der Waals surface area (Å²) in [6, 6.07) is 26.2. The summed E-state index contributed by atoms with van der Waals surface area (Å²) in [5, 5.41) is 4.18. The molecule has 38 heavy (non-hydrogen) atoms. The van der Waals surface area contributed by atoms with Crippen LogP contribution in [0.2, 0.25) is 0 Å². The molecule has 0 bridgehead atoms. The topological polar surface area (TPSA) is 101 Å². The van der Waals surface area contributed by atoms with E-state index in [0.29, 0.717) is 17.0 Å². The Balaban J connectivity index is 1.52. The molecule has 0 unspecified atom stereocenters. The third kappa shape index (κ3) is 6.70. The highest BCUT2D eigenvalue weighted by Crippen LogP contribution is 2.23. The second-order valence-corrected chi connectivity index (χ2v) is 10.4. The molecule has 1 heterocycles. The van der Waals surface area contributed by atoms with Crippen molar-refractivity contribution >= 4 is 21.6 Å². The summed E-state index contributed by atoms with van der Waals surface area (Å²) in [6.07, 6.45) is 3.28. The van der Waals surface area contributed by atoms with E-state index in [-0.39, 0.29) is 23.9 Å². The maximum absolute atomic E-state index is 13.6. The Hall–Kier alpha value is -4.34. The van der Waals surface area contributed by atoms with Gasteiger partial charge < -0.3 is 4.74 Å². The number of pyridine rings is 1. The zero-order valence-electron chi connectivity index (χ0n) is 21.1. The van der Waals surface area contributed by atoms with Gasteiger partial charge in [0.2, 0.25) is 10.0 Å². The second kappa shape index (κ2) is 12.3. The number of aromatic nitrogens is 1. The number of hydrogen-bond donors (Lipinski definition) is 1. The fourth-order valence-corrected chi connectivity index (χ4v) is 5.14. The number of carbonyl (C=O) groups excluding carboxylic acids is 1. The number of sulfonamides is 1. The summed E-state index contributed by atoms with van der Waals surface area (Å²) in [4.78, 5) is 16.9. The molecule has 8 nitrogen and oxygen atoms in total. The molecule has 0 spiro atoms. The Morgan fingerprint density at radius 2 is 1.55 bits per heavy atom. The average Bonchev–Trinajstić information content (AvgIpc) is 2.96. The van der Waals surface area contributed by atoms with Gasteiger partial charge in [0.1, 0.15) is 5.75 Å². The molecule has 0 aliphatic rings. The third-order valence-electron chi connectivity index (χ3n) is 5.87. The number of amides is 1. The van der Waals surface area contributed by atoms with Crippen LogP contribution in [0, 0.1) is 0 Å². The maximum Gasteiger partial charge on any atom is 0.271 e. The number of rotatable bonds is 10. The zero-order valence-corrected chi connectivity index (χ0v) is 21.9. The molecule has 0 saturated carbocycles. The molecule has 1 N–H and O–H groups in total. The van der Waals surface area contributed by atoms with E-state index in [1.807, 2.05) is 43.3 Å². The predicted octanol–water partition coefficient (Wildman–Crippen LogP) is 4.64. The minimum Gasteiger partial charge on any atom is -0.497 e. The third-order valence-corrected chi connectivity index (χ3v) is 7.68. The number of ether oxygens (including phenoxy) is 1. The van der Waals surface area contributed by atoms with Crippen LogP contribution in [0.3, 0.4) is 0 Å². The number of hydrazone groups is 1. The van der Waals surface area contributed by atoms with Crippen molar-refractivity contribution in [1.29, 1.82) is 0 Å². The molecular formula is C29H28N4O4S. The molecule has 0 saturated heterocycles. The van der Waals surface area contributed by atoms with Gasteiger partial charge in [0, 0.05) is 31.0 Å². The molecule has 4 rings (SSSR count). The van der Waals surface area contributed by atoms with Crippen LogP contribution in [-0.4, -0.2) is 36.4 Å². The van der Waals surface area contributed by atoms with Gasteiger partial charge in [0.25, 0.3) is 5.91 Å². The molecule has 0 aliphatic heterocycles. The number of methoxy groups -OCH3 is 1. The summed E-state index contributed by atoms with van der Waals surface area (Å²) in [5.74, 6) is 0.213. The monoisotopic (exact) mass is 528 g/mol. The predicted molar refractivity (Wildman–Crippen MR) is 146 cm³/mol. The Morgan fingerprint density at radius 1 is 0.868 bits per heavy atom. The molecule has 0 aliphatic carbocycles. The molecule has 0 atom stereocenters. The SMILES string of the molecule is COc1ccc(S(=O)(=O)N(Cc2ccc(C(=O)NN=C(C)c3ccccc3)cc2)Cc2cccnc2)cc1. The first kappa shape index (κ1) is 26.7. The molecule has 194 valence electrons. The molecular weight excluding hydrogens is 500 g/mol. The summed E-state index contributed by atoms with van der Waals surface area (Å²) in [5.41, 5.74) is 6.07. The lowest BCUT2D eigenvalue weighted by Crippen LogP contribution is -2.30. The number of nitrogens with zero attached hydrogens (tertiary/aromatic N) is 3. The minimum absolute atomic E-state index is 0.108. The van der Waals surface area contributed by atoms with Gasteiger partial charge in [0.05, 0.1) is 17.7 Å². The normalized spacial score (nSPS) is 11.8. The first-order valence-electron chi connectivity index (χ1n) is 11.9. The fourth-order valence-electron chi connectivity index (χ4n) is 3.73. The van der Waals surface area contributed by atoms with E-state index < -0.39 is 10.0 Å². The van der Waals surface area contributed by atoms with E-state index in [9.17, 15) is 13.2 Å². The minimum atomic E-state index is -3.84. The van der Waals surface area contributed by atoms with E-state index in [4.69, 9.17) is 4.74 Å². The summed E-state index contributed by atoms with van der Waals surface area (Å²) in [7, 11) is -2.31. The quantitative estimate of drug-likeness (QED) is 0.239. The number of carbonyl (C=O) groups is 1. The summed E-state index contributed by atoms with van der Waals surface area (Å²) in [6.45, 7) is 2.06. The molecule has 3 aromatic carbocycles. The highest BCUT2D eigenvalue weighted by molar-refractivity contribution is 7.89. The van der Waals surface area contributed by atoms with Gasteiger partial charge in [-0.2, -0.15) is 9.41 Å². The van der Waals surface area contributed by atoms with Crippen molar-refractivity contribution in [2.24, 2.45) is 5.10 Å². The van der Waals surface area contributed by atoms with Gasteiger partial charge in [-0.15, -0.1) is 0 Å². The van der Waals surface area contributed by atoms with Crippen LogP contribution in [0.5, 0.6) is 5.75 Å². The Morgan fingerprint density at radius 3 is 2.18 bits per heavy atom. The van der Waals surface area contributed by atoms with Crippen LogP contribution in [0.15, 0.2) is 113 Å². The molecule has 4 aromatic rings. The summed E-state index contributed by atoms with van der Waals surface area (Å²) < 4.78 is 33.7. The zero-order chi connectivity index (χ0) is 27.0. The number of benzene rings is 3. The van der Waals surface area contributed by atoms with Crippen molar-refractivity contribution in [3.05, 3.63) is 126 Å². The second-order valence-electron chi connectivity index (χ2n) is 8.51. The van der Waals surface area contributed by atoms with Crippen LogP contribution in [0.25, 0.3) is 0 Å². The van der Waals surface area contributed by atoms with Crippen LogP contribution >= 0.6 is 0 Å². The van der Waals surface area contributed by atoms with E-state index in [0.717, 1.165) is 16.7 Å². The fraction of sp³-hybridized carbons (Fsp3) is 0.138. The number of nitrogens with one attached hydrogen (secondary N) is 1. The van der Waals surface area contributed by atoms with Crippen molar-refractivity contribution in [3.63, 3.8) is 0 Å². The lowest BCUT2D eigenvalue weighted by atomic mass is 10.1. The Labute approximate surface area is 222 Å². The standard InChI is InChI=1S/C29H28N4O4S/c1-22(25-8-4-3-5-9-25)31-32-29(34)26-12-10-23(11-13-26)20-33(21-24-7-6-18-30-19-24)38(35,36)28-16-14-27(37-2)15-17-28/h3-19H,20-21H2,1-2H3,(H,32,34). The Kier molecular flexibility index (Phi) is 8.62. The average molecular weight is 529 g/mol. The lowest BCUT2D eigenvalue weighted by molar-refractivity contribution is 0.0955. The molecule has 1 amide bonds. The Bertz CT molecular complexity index is 1490. The van der Waals surface area contributed by atoms with Gasteiger partial charge in [-0.05, 0) is 66.1 Å². The van der Waals surface area contributed by atoms with E-state index in [1.54, 1.807) is 54.9 Å². The van der Waals surface area contributed by atoms with Crippen LogP contribution in [-0.2, 0) is 23.1 Å². The first-order chi connectivity index (χ1) is 18.4. The highest BCUT2D eigenvalue weighted by atomic mass is 32.2. The molecule has 1 aromatic heterocycles. The maximum atomic E-state index is 13.6. The first-order valence-corrected chi connectivity index (χ1v) is 13.3. The number of hydrogen-bond acceptors (Lipinski definition) is 6. The van der Waals surface area contributed by atoms with E-state index in [1.165, 1.54) is 23.5 Å². The van der Waals surface area contributed by atoms with Crippen molar-refractivity contribution in [3.8, 4) is 5.75 Å². The van der Waals surface area contributed by atoms with Crippen LogP contribution < -0.4 is 10.2 Å². The molecule has 0 fully saturated rings. The van der Waals surface area contributed by atoms with Crippen molar-refractivity contribution < 1.29 is 17.9 Å². The summed E-state index contributed by atoms with van der Waals surface area (Å²) >= 11 is 0. The largest absolute Gasteiger partial charge is 0.497 e. The van der Waals surface area contributed by atoms with E-state index >= 15 is 0 Å². The molecule has 0 radical (unpaired) electrons. The van der Waals surface area contributed by atoms with Crippen LogP contribution in [0.4, 0.5) is 0 Å². The lowest BCUT2D eigenvalue weighted by Gasteiger charge is -2.22. The van der Waals surface area contributed by atoms with E-state index in [2.05, 4.69) is 15.5 Å². The van der Waals surface area contributed by atoms with Gasteiger partial charge in [-0.3, -0.25) is 9.78 Å². The molecule has 9 heteroatoms. The van der Waals surface area contributed by atoms with Crippen molar-refractivity contribution in [2.75, 3.05) is 7.11 Å². The van der Waals surface area contributed by atoms with Crippen LogP contribution in [0.1, 0.15) is 34.0 Å². The van der Waals surface area contributed by atoms with Gasteiger partial charge in [-0.1, -0.05) is 48.5 Å². The van der Waals surface area contributed by atoms with Gasteiger partial charge in [-0.25, -0.2) is 13.8 Å². The highest BCUT2D eigenvalue weighted by Gasteiger charge is 2.25. The van der Waals surface area contributed by atoms with Crippen molar-refractivity contribution in [1.82, 2.24) is 14.7 Å². The van der Waals surface area contributed by atoms with Gasteiger partial charge in [0.15, 0.2) is 0 Å².